The maximum Gasteiger partial charge on any atom is 0.254 e. The molecule has 1 fully saturated rings. The molecule has 2 atom stereocenters. The van der Waals surface area contributed by atoms with E-state index in [9.17, 15) is 9.00 Å². The number of nitrogens with one attached hydrogen (secondary N) is 1. The lowest BCUT2D eigenvalue weighted by atomic mass is 10.0. The van der Waals surface area contributed by atoms with Gasteiger partial charge in [-0.1, -0.05) is 18.2 Å². The van der Waals surface area contributed by atoms with Crippen molar-refractivity contribution in [2.45, 2.75) is 11.8 Å². The SMILES string of the molecule is CS(=O)Cc1cccc(C(=O)N2CCNCC2c2cccnc2)c1.Cl. The third-order valence-corrected chi connectivity index (χ3v) is 4.86. The van der Waals surface area contributed by atoms with Gasteiger partial charge in [0.1, 0.15) is 0 Å². The molecule has 0 saturated carbocycles. The smallest absolute Gasteiger partial charge is 0.254 e. The molecule has 2 aromatic rings. The normalized spacial score (nSPS) is 18.3. The molecule has 5 nitrogen and oxygen atoms in total. The first-order valence-electron chi connectivity index (χ1n) is 7.96. The van der Waals surface area contributed by atoms with Crippen LogP contribution in [0.2, 0.25) is 0 Å². The first kappa shape index (κ1) is 19.6. The molecule has 1 aliphatic heterocycles. The molecule has 1 aliphatic rings. The summed E-state index contributed by atoms with van der Waals surface area (Å²) in [6.45, 7) is 2.15. The Morgan fingerprint density at radius 1 is 1.36 bits per heavy atom. The van der Waals surface area contributed by atoms with Crippen molar-refractivity contribution in [3.05, 3.63) is 65.5 Å². The van der Waals surface area contributed by atoms with Crippen molar-refractivity contribution in [1.29, 1.82) is 0 Å². The maximum absolute atomic E-state index is 13.0. The summed E-state index contributed by atoms with van der Waals surface area (Å²) in [5, 5.41) is 3.35. The molecule has 3 rings (SSSR count). The van der Waals surface area contributed by atoms with Crippen LogP contribution < -0.4 is 5.32 Å². The van der Waals surface area contributed by atoms with Crippen LogP contribution in [-0.4, -0.2) is 45.9 Å². The Hall–Kier alpha value is -1.76. The molecule has 25 heavy (non-hydrogen) atoms. The molecule has 2 unspecified atom stereocenters. The second kappa shape index (κ2) is 9.08. The van der Waals surface area contributed by atoms with Crippen molar-refractivity contribution >= 4 is 29.1 Å². The number of carbonyl (C=O) groups is 1. The van der Waals surface area contributed by atoms with Crippen LogP contribution in [0, 0.1) is 0 Å². The molecular weight excluding hydrogens is 358 g/mol. The molecule has 134 valence electrons. The standard InChI is InChI=1S/C18H21N3O2S.ClH/c1-24(23)13-14-4-2-5-15(10-14)18(22)21-9-8-20-12-17(21)16-6-3-7-19-11-16;/h2-7,10-11,17,20H,8-9,12-13H2,1H3;1H. The van der Waals surface area contributed by atoms with Gasteiger partial charge in [-0.3, -0.25) is 14.0 Å². The van der Waals surface area contributed by atoms with E-state index >= 15 is 0 Å². The fourth-order valence-corrected chi connectivity index (χ4v) is 3.66. The van der Waals surface area contributed by atoms with E-state index in [-0.39, 0.29) is 24.4 Å². The van der Waals surface area contributed by atoms with Crippen molar-refractivity contribution in [3.8, 4) is 0 Å². The lowest BCUT2D eigenvalue weighted by Gasteiger charge is -2.36. The highest BCUT2D eigenvalue weighted by atomic mass is 35.5. The fraction of sp³-hybridized carbons (Fsp3) is 0.333. The van der Waals surface area contributed by atoms with E-state index in [0.29, 0.717) is 17.9 Å². The van der Waals surface area contributed by atoms with Crippen molar-refractivity contribution < 1.29 is 9.00 Å². The summed E-state index contributed by atoms with van der Waals surface area (Å²) in [4.78, 5) is 19.1. The van der Waals surface area contributed by atoms with Gasteiger partial charge in [0.2, 0.25) is 0 Å². The Morgan fingerprint density at radius 3 is 2.92 bits per heavy atom. The number of rotatable bonds is 4. The molecule has 1 amide bonds. The second-order valence-electron chi connectivity index (χ2n) is 5.92. The maximum atomic E-state index is 13.0. The molecule has 0 radical (unpaired) electrons. The third-order valence-electron chi connectivity index (χ3n) is 4.12. The van der Waals surface area contributed by atoms with Gasteiger partial charge in [0.05, 0.1) is 6.04 Å². The van der Waals surface area contributed by atoms with Gasteiger partial charge < -0.3 is 10.2 Å². The minimum absolute atomic E-state index is 0. The average Bonchev–Trinajstić information content (AvgIpc) is 2.61. The second-order valence-corrected chi connectivity index (χ2v) is 7.36. The van der Waals surface area contributed by atoms with Crippen molar-refractivity contribution in [2.24, 2.45) is 0 Å². The molecular formula is C18H22ClN3O2S. The highest BCUT2D eigenvalue weighted by molar-refractivity contribution is 7.83. The molecule has 1 saturated heterocycles. The molecule has 1 N–H and O–H groups in total. The van der Waals surface area contributed by atoms with E-state index < -0.39 is 10.8 Å². The monoisotopic (exact) mass is 379 g/mol. The molecule has 7 heteroatoms. The van der Waals surface area contributed by atoms with Gasteiger partial charge in [-0.15, -0.1) is 12.4 Å². The number of aromatic nitrogens is 1. The number of hydrogen-bond acceptors (Lipinski definition) is 4. The summed E-state index contributed by atoms with van der Waals surface area (Å²) in [5.41, 5.74) is 2.60. The third kappa shape index (κ3) is 4.87. The molecule has 0 spiro atoms. The molecule has 1 aromatic carbocycles. The number of piperazine rings is 1. The van der Waals surface area contributed by atoms with Crippen LogP contribution in [0.25, 0.3) is 0 Å². The Morgan fingerprint density at radius 2 is 2.20 bits per heavy atom. The summed E-state index contributed by atoms with van der Waals surface area (Å²) in [6.07, 6.45) is 5.22. The topological polar surface area (TPSA) is 62.3 Å². The minimum Gasteiger partial charge on any atom is -0.329 e. The number of amides is 1. The van der Waals surface area contributed by atoms with Crippen LogP contribution >= 0.6 is 12.4 Å². The lowest BCUT2D eigenvalue weighted by molar-refractivity contribution is 0.0634. The van der Waals surface area contributed by atoms with Crippen molar-refractivity contribution in [1.82, 2.24) is 15.2 Å². The average molecular weight is 380 g/mol. The molecule has 0 bridgehead atoms. The molecule has 0 aliphatic carbocycles. The Balaban J connectivity index is 0.00000225. The van der Waals surface area contributed by atoms with E-state index in [1.54, 1.807) is 12.5 Å². The van der Waals surface area contributed by atoms with Crippen LogP contribution in [-0.2, 0) is 16.6 Å². The van der Waals surface area contributed by atoms with E-state index in [0.717, 1.165) is 24.2 Å². The van der Waals surface area contributed by atoms with E-state index in [1.807, 2.05) is 47.5 Å². The summed E-state index contributed by atoms with van der Waals surface area (Å²) in [5.74, 6) is 0.475. The molecule has 2 heterocycles. The number of benzene rings is 1. The fourth-order valence-electron chi connectivity index (χ4n) is 3.01. The van der Waals surface area contributed by atoms with Crippen LogP contribution in [0.4, 0.5) is 0 Å². The number of hydrogen-bond donors (Lipinski definition) is 1. The predicted octanol–water partition coefficient (Wildman–Crippen LogP) is 2.17. The quantitative estimate of drug-likeness (QED) is 0.884. The van der Waals surface area contributed by atoms with Gasteiger partial charge >= 0.3 is 0 Å². The van der Waals surface area contributed by atoms with Crippen LogP contribution in [0.3, 0.4) is 0 Å². The highest BCUT2D eigenvalue weighted by Gasteiger charge is 2.28. The summed E-state index contributed by atoms with van der Waals surface area (Å²) >= 11 is 0. The first-order chi connectivity index (χ1) is 11.6. The summed E-state index contributed by atoms with van der Waals surface area (Å²) in [6, 6.07) is 11.3. The van der Waals surface area contributed by atoms with Gasteiger partial charge in [0.25, 0.3) is 5.91 Å². The van der Waals surface area contributed by atoms with Gasteiger partial charge in [-0.25, -0.2) is 0 Å². The Bertz CT molecular complexity index is 742. The van der Waals surface area contributed by atoms with Crippen LogP contribution in [0.15, 0.2) is 48.8 Å². The number of halogens is 1. The zero-order chi connectivity index (χ0) is 16.9. The molecule has 1 aromatic heterocycles. The lowest BCUT2D eigenvalue weighted by Crippen LogP contribution is -2.48. The van der Waals surface area contributed by atoms with Crippen LogP contribution in [0.5, 0.6) is 0 Å². The number of carbonyl (C=O) groups excluding carboxylic acids is 1. The number of pyridine rings is 1. The predicted molar refractivity (Wildman–Crippen MR) is 102 cm³/mol. The Kier molecular flexibility index (Phi) is 7.11. The van der Waals surface area contributed by atoms with Gasteiger partial charge in [-0.2, -0.15) is 0 Å². The largest absolute Gasteiger partial charge is 0.329 e. The van der Waals surface area contributed by atoms with E-state index in [4.69, 9.17) is 0 Å². The van der Waals surface area contributed by atoms with Crippen molar-refractivity contribution in [2.75, 3.05) is 25.9 Å². The van der Waals surface area contributed by atoms with Crippen LogP contribution in [0.1, 0.15) is 27.5 Å². The number of nitrogens with zero attached hydrogens (tertiary/aromatic N) is 2. The zero-order valence-electron chi connectivity index (χ0n) is 14.1. The zero-order valence-corrected chi connectivity index (χ0v) is 15.7. The minimum atomic E-state index is -0.923. The Labute approximate surface area is 156 Å². The summed E-state index contributed by atoms with van der Waals surface area (Å²) < 4.78 is 11.4. The van der Waals surface area contributed by atoms with Crippen molar-refractivity contribution in [3.63, 3.8) is 0 Å². The van der Waals surface area contributed by atoms with E-state index in [1.165, 1.54) is 0 Å². The summed E-state index contributed by atoms with van der Waals surface area (Å²) in [7, 11) is -0.923. The highest BCUT2D eigenvalue weighted by Crippen LogP contribution is 2.24. The van der Waals surface area contributed by atoms with Gasteiger partial charge in [0, 0.05) is 60.4 Å². The van der Waals surface area contributed by atoms with Gasteiger partial charge in [0.15, 0.2) is 0 Å². The first-order valence-corrected chi connectivity index (χ1v) is 9.68. The van der Waals surface area contributed by atoms with Gasteiger partial charge in [-0.05, 0) is 29.3 Å². The van der Waals surface area contributed by atoms with E-state index in [2.05, 4.69) is 10.3 Å².